The Balaban J connectivity index is 2.13. The van der Waals surface area contributed by atoms with Crippen LogP contribution in [0.2, 0.25) is 0 Å². The maximum Gasteiger partial charge on any atom is 0.183 e. The molecular weight excluding hydrogens is 250 g/mol. The van der Waals surface area contributed by atoms with E-state index in [0.29, 0.717) is 5.69 Å². The first-order valence-corrected chi connectivity index (χ1v) is 6.16. The lowest BCUT2D eigenvalue weighted by molar-refractivity contribution is -0.255. The first-order valence-electron chi connectivity index (χ1n) is 6.16. The average molecular weight is 269 g/mol. The van der Waals surface area contributed by atoms with Gasteiger partial charge in [-0.2, -0.15) is 0 Å². The quantitative estimate of drug-likeness (QED) is 0.493. The molecule has 0 unspecified atom stereocenters. The second kappa shape index (κ2) is 5.85. The van der Waals surface area contributed by atoms with Gasteiger partial charge in [-0.3, -0.25) is 0 Å². The topological polar surface area (TPSA) is 102 Å². The lowest BCUT2D eigenvalue weighted by Gasteiger charge is -2.40. The third-order valence-electron chi connectivity index (χ3n) is 3.29. The van der Waals surface area contributed by atoms with Gasteiger partial charge in [0.1, 0.15) is 18.3 Å². The van der Waals surface area contributed by atoms with E-state index in [1.807, 2.05) is 31.2 Å². The van der Waals surface area contributed by atoms with E-state index in [2.05, 4.69) is 5.32 Å². The van der Waals surface area contributed by atoms with Crippen molar-refractivity contribution in [1.29, 1.82) is 0 Å². The zero-order valence-electron chi connectivity index (χ0n) is 10.6. The number of aliphatic hydroxyl groups excluding tert-OH is 4. The second-order valence-electron chi connectivity index (χ2n) is 4.77. The minimum absolute atomic E-state index is 0.434. The zero-order valence-corrected chi connectivity index (χ0v) is 10.6. The highest BCUT2D eigenvalue weighted by Crippen LogP contribution is 2.23. The molecule has 1 aromatic rings. The molecule has 1 heterocycles. The zero-order chi connectivity index (χ0) is 14.0. The number of rotatable bonds is 3. The maximum absolute atomic E-state index is 10.0. The second-order valence-corrected chi connectivity index (χ2v) is 4.77. The van der Waals surface area contributed by atoms with Gasteiger partial charge in [0.05, 0.1) is 12.6 Å². The molecule has 6 nitrogen and oxygen atoms in total. The van der Waals surface area contributed by atoms with Gasteiger partial charge in [0.25, 0.3) is 0 Å². The Morgan fingerprint density at radius 3 is 2.32 bits per heavy atom. The predicted octanol–water partition coefficient (Wildman–Crippen LogP) is -0.793. The van der Waals surface area contributed by atoms with Gasteiger partial charge < -0.3 is 30.5 Å². The summed E-state index contributed by atoms with van der Waals surface area (Å²) in [5.41, 5.74) is 1.80. The molecule has 0 bridgehead atoms. The summed E-state index contributed by atoms with van der Waals surface area (Å²) in [5.74, 6) is 0. The highest BCUT2D eigenvalue weighted by Gasteiger charge is 2.43. The van der Waals surface area contributed by atoms with Crippen molar-refractivity contribution in [2.45, 2.75) is 37.6 Å². The van der Waals surface area contributed by atoms with Gasteiger partial charge in [-0.05, 0) is 19.1 Å². The van der Waals surface area contributed by atoms with Crippen LogP contribution in [0.5, 0.6) is 0 Å². The van der Waals surface area contributed by atoms with Crippen molar-refractivity contribution in [3.8, 4) is 0 Å². The molecule has 0 spiro atoms. The summed E-state index contributed by atoms with van der Waals surface area (Å²) in [6.45, 7) is 1.52. The van der Waals surface area contributed by atoms with Gasteiger partial charge in [0.15, 0.2) is 6.29 Å². The van der Waals surface area contributed by atoms with Gasteiger partial charge >= 0.3 is 0 Å². The van der Waals surface area contributed by atoms with Gasteiger partial charge in [-0.15, -0.1) is 0 Å². The number of aliphatic hydroxyl groups is 4. The Hall–Kier alpha value is -1.18. The third kappa shape index (κ3) is 3.05. The molecule has 0 saturated carbocycles. The summed E-state index contributed by atoms with van der Waals surface area (Å²) in [5, 5.41) is 41.5. The Morgan fingerprint density at radius 2 is 1.74 bits per heavy atom. The Morgan fingerprint density at radius 1 is 1.11 bits per heavy atom. The Kier molecular flexibility index (Phi) is 4.38. The molecule has 5 atom stereocenters. The molecule has 1 aliphatic heterocycles. The van der Waals surface area contributed by atoms with Crippen LogP contribution in [0.3, 0.4) is 0 Å². The van der Waals surface area contributed by atoms with E-state index in [1.54, 1.807) is 0 Å². The fourth-order valence-electron chi connectivity index (χ4n) is 2.11. The number of benzene rings is 1. The van der Waals surface area contributed by atoms with Crippen LogP contribution >= 0.6 is 0 Å². The largest absolute Gasteiger partial charge is 0.394 e. The van der Waals surface area contributed by atoms with E-state index in [0.717, 1.165) is 5.56 Å². The number of nitrogens with one attached hydrogen (secondary N) is 1. The molecule has 19 heavy (non-hydrogen) atoms. The molecule has 1 saturated heterocycles. The van der Waals surface area contributed by atoms with Gasteiger partial charge in [0, 0.05) is 5.69 Å². The SMILES string of the molecule is Cc1ccc(N[C@@H]2[C@@H](O)[C@H](O)O[C@H](CO)[C@@H]2O)cc1. The van der Waals surface area contributed by atoms with Crippen LogP contribution in [0.1, 0.15) is 5.56 Å². The summed E-state index contributed by atoms with van der Waals surface area (Å²) in [6, 6.07) is 6.58. The predicted molar refractivity (Wildman–Crippen MR) is 68.6 cm³/mol. The first kappa shape index (κ1) is 14.2. The van der Waals surface area contributed by atoms with E-state index < -0.39 is 37.3 Å². The number of ether oxygens (including phenoxy) is 1. The molecule has 2 rings (SSSR count). The normalized spacial score (nSPS) is 35.1. The van der Waals surface area contributed by atoms with Crippen molar-refractivity contribution in [2.24, 2.45) is 0 Å². The van der Waals surface area contributed by atoms with Crippen molar-refractivity contribution in [3.05, 3.63) is 29.8 Å². The fraction of sp³-hybridized carbons (Fsp3) is 0.538. The summed E-state index contributed by atoms with van der Waals surface area (Å²) in [6.07, 6.45) is -4.77. The van der Waals surface area contributed by atoms with Crippen molar-refractivity contribution in [3.63, 3.8) is 0 Å². The number of hydrogen-bond donors (Lipinski definition) is 5. The van der Waals surface area contributed by atoms with Gasteiger partial charge in [-0.25, -0.2) is 0 Å². The van der Waals surface area contributed by atoms with Crippen molar-refractivity contribution in [1.82, 2.24) is 0 Å². The van der Waals surface area contributed by atoms with E-state index in [4.69, 9.17) is 9.84 Å². The average Bonchev–Trinajstić information content (AvgIpc) is 2.41. The van der Waals surface area contributed by atoms with Crippen LogP contribution in [-0.4, -0.2) is 57.7 Å². The van der Waals surface area contributed by atoms with Crippen molar-refractivity contribution >= 4 is 5.69 Å². The number of anilines is 1. The van der Waals surface area contributed by atoms with Crippen LogP contribution < -0.4 is 5.32 Å². The monoisotopic (exact) mass is 269 g/mol. The number of aryl methyl sites for hydroxylation is 1. The summed E-state index contributed by atoms with van der Waals surface area (Å²) in [7, 11) is 0. The molecule has 1 aromatic carbocycles. The van der Waals surface area contributed by atoms with Crippen LogP contribution in [0.25, 0.3) is 0 Å². The highest BCUT2D eigenvalue weighted by atomic mass is 16.6. The van der Waals surface area contributed by atoms with Gasteiger partial charge in [-0.1, -0.05) is 17.7 Å². The van der Waals surface area contributed by atoms with Gasteiger partial charge in [0.2, 0.25) is 0 Å². The third-order valence-corrected chi connectivity index (χ3v) is 3.29. The smallest absolute Gasteiger partial charge is 0.183 e. The first-order chi connectivity index (χ1) is 9.02. The maximum atomic E-state index is 10.0. The van der Waals surface area contributed by atoms with E-state index in [-0.39, 0.29) is 0 Å². The standard InChI is InChI=1S/C13H19NO5/c1-7-2-4-8(5-3-7)14-10-11(16)9(6-15)19-13(18)12(10)17/h2-5,9-18H,6H2,1H3/t9-,10+,11+,12-,13-/m1/s1. The molecule has 1 aliphatic rings. The molecule has 0 aromatic heterocycles. The Bertz CT molecular complexity index is 410. The van der Waals surface area contributed by atoms with Crippen LogP contribution in [0, 0.1) is 6.92 Å². The lowest BCUT2D eigenvalue weighted by atomic mass is 9.96. The van der Waals surface area contributed by atoms with Crippen LogP contribution in [-0.2, 0) is 4.74 Å². The van der Waals surface area contributed by atoms with Crippen LogP contribution in [0.15, 0.2) is 24.3 Å². The van der Waals surface area contributed by atoms with E-state index in [9.17, 15) is 15.3 Å². The molecule has 106 valence electrons. The molecule has 5 N–H and O–H groups in total. The molecular formula is C13H19NO5. The van der Waals surface area contributed by atoms with Crippen molar-refractivity contribution in [2.75, 3.05) is 11.9 Å². The molecule has 6 heteroatoms. The molecule has 0 radical (unpaired) electrons. The van der Waals surface area contributed by atoms with Crippen LogP contribution in [0.4, 0.5) is 5.69 Å². The summed E-state index contributed by atoms with van der Waals surface area (Å²) >= 11 is 0. The van der Waals surface area contributed by atoms with E-state index in [1.165, 1.54) is 0 Å². The molecule has 0 amide bonds. The fourth-order valence-corrected chi connectivity index (χ4v) is 2.11. The summed E-state index contributed by atoms with van der Waals surface area (Å²) < 4.78 is 4.91. The summed E-state index contributed by atoms with van der Waals surface area (Å²) in [4.78, 5) is 0. The molecule has 0 aliphatic carbocycles. The minimum Gasteiger partial charge on any atom is -0.394 e. The number of hydrogen-bond acceptors (Lipinski definition) is 6. The lowest BCUT2D eigenvalue weighted by Crippen LogP contribution is -2.61. The minimum atomic E-state index is -1.44. The Labute approximate surface area is 111 Å². The molecule has 1 fully saturated rings. The van der Waals surface area contributed by atoms with E-state index >= 15 is 0 Å². The van der Waals surface area contributed by atoms with Crippen molar-refractivity contribution < 1.29 is 25.2 Å². The highest BCUT2D eigenvalue weighted by molar-refractivity contribution is 5.46.